The Labute approximate surface area is 189 Å². The van der Waals surface area contributed by atoms with Gasteiger partial charge >= 0.3 is 7.82 Å². The van der Waals surface area contributed by atoms with Crippen molar-refractivity contribution in [1.82, 2.24) is 10.1 Å². The minimum atomic E-state index is -4.56. The smallest absolute Gasteiger partial charge is 0.474 e. The second-order valence-corrected chi connectivity index (χ2v) is 8.38. The first kappa shape index (κ1) is 22.6. The number of benzene rings is 1. The molecule has 0 spiro atoms. The van der Waals surface area contributed by atoms with Crippen LogP contribution in [0.2, 0.25) is 0 Å². The molecule has 4 N–H and O–H groups in total. The van der Waals surface area contributed by atoms with Gasteiger partial charge in [0, 0.05) is 30.8 Å². The molecule has 3 heterocycles. The highest BCUT2D eigenvalue weighted by Gasteiger charge is 2.19. The third-order valence-corrected chi connectivity index (χ3v) is 5.21. The van der Waals surface area contributed by atoms with Crippen LogP contribution >= 0.6 is 7.82 Å². The number of phosphoric acid groups is 1. The van der Waals surface area contributed by atoms with Gasteiger partial charge in [-0.1, -0.05) is 17.3 Å². The van der Waals surface area contributed by atoms with E-state index in [-0.39, 0.29) is 13.3 Å². The highest BCUT2D eigenvalue weighted by Crippen LogP contribution is 2.35. The summed E-state index contributed by atoms with van der Waals surface area (Å²) in [7, 11) is -4.56. The molecule has 0 aliphatic carbocycles. The lowest BCUT2D eigenvalue weighted by atomic mass is 10.1. The standard InChI is InChI=1S/C22H21N4O6P/c23-22-20(5-3-10-24-22)21-13-17(25-32-21)12-16-6-8-19(9-7-16)30-14-18-4-1-2-11-26(18)15-31-33(27,28)29/h1-11,13H,12,14-15H2,(H3-,23,24,27,28,29)/p+1. The van der Waals surface area contributed by atoms with Gasteiger partial charge in [-0.15, -0.1) is 0 Å². The molecule has 4 rings (SSSR count). The molecular formula is C22H22N4O6P+. The summed E-state index contributed by atoms with van der Waals surface area (Å²) in [5.74, 6) is 1.60. The average molecular weight is 469 g/mol. The van der Waals surface area contributed by atoms with Crippen molar-refractivity contribution in [1.29, 1.82) is 0 Å². The number of nitrogen functional groups attached to an aromatic ring is 1. The van der Waals surface area contributed by atoms with E-state index in [0.717, 1.165) is 11.3 Å². The van der Waals surface area contributed by atoms with E-state index in [1.54, 1.807) is 41.2 Å². The van der Waals surface area contributed by atoms with Crippen molar-refractivity contribution >= 4 is 13.6 Å². The summed E-state index contributed by atoms with van der Waals surface area (Å²) in [6, 6.07) is 18.3. The van der Waals surface area contributed by atoms with E-state index in [1.165, 1.54) is 0 Å². The number of rotatable bonds is 9. The highest BCUT2D eigenvalue weighted by atomic mass is 31.2. The van der Waals surface area contributed by atoms with Crippen LogP contribution in [0.5, 0.6) is 5.75 Å². The number of nitrogens with zero attached hydrogens (tertiary/aromatic N) is 3. The number of anilines is 1. The summed E-state index contributed by atoms with van der Waals surface area (Å²) < 4.78 is 28.3. The molecule has 0 saturated heterocycles. The van der Waals surface area contributed by atoms with Gasteiger partial charge in [-0.2, -0.15) is 4.57 Å². The van der Waals surface area contributed by atoms with Gasteiger partial charge < -0.3 is 24.8 Å². The van der Waals surface area contributed by atoms with Crippen LogP contribution in [0.4, 0.5) is 5.82 Å². The Hall–Kier alpha value is -3.56. The van der Waals surface area contributed by atoms with Crippen molar-refractivity contribution < 1.29 is 32.7 Å². The van der Waals surface area contributed by atoms with Gasteiger partial charge in [-0.05, 0) is 35.9 Å². The maximum Gasteiger partial charge on any atom is 0.474 e. The third kappa shape index (κ3) is 6.24. The number of pyridine rings is 2. The number of ether oxygens (including phenoxy) is 1. The molecule has 0 saturated carbocycles. The van der Waals surface area contributed by atoms with Crippen LogP contribution in [0.15, 0.2) is 77.6 Å². The molecule has 0 atom stereocenters. The van der Waals surface area contributed by atoms with Gasteiger partial charge in [-0.3, -0.25) is 0 Å². The largest absolute Gasteiger partial charge is 0.483 e. The molecular weight excluding hydrogens is 447 g/mol. The second kappa shape index (κ2) is 9.93. The zero-order valence-electron chi connectivity index (χ0n) is 17.4. The first-order valence-electron chi connectivity index (χ1n) is 9.93. The van der Waals surface area contributed by atoms with Gasteiger partial charge in [0.2, 0.25) is 5.69 Å². The molecule has 0 aliphatic rings. The highest BCUT2D eigenvalue weighted by molar-refractivity contribution is 7.46. The number of hydrogen-bond donors (Lipinski definition) is 3. The Morgan fingerprint density at radius 3 is 2.67 bits per heavy atom. The van der Waals surface area contributed by atoms with Gasteiger partial charge in [-0.25, -0.2) is 14.1 Å². The van der Waals surface area contributed by atoms with Crippen molar-refractivity contribution in [2.24, 2.45) is 0 Å². The lowest BCUT2D eigenvalue weighted by Gasteiger charge is -2.08. The summed E-state index contributed by atoms with van der Waals surface area (Å²) in [5, 5.41) is 4.11. The summed E-state index contributed by atoms with van der Waals surface area (Å²) in [5.41, 5.74) is 9.06. The van der Waals surface area contributed by atoms with Crippen LogP contribution in [-0.2, 0) is 28.8 Å². The molecule has 0 amide bonds. The molecule has 3 aromatic heterocycles. The quantitative estimate of drug-likeness (QED) is 0.249. The molecule has 0 bridgehead atoms. The zero-order chi connectivity index (χ0) is 23.3. The minimum Gasteiger partial charge on any atom is -0.483 e. The third-order valence-electron chi connectivity index (χ3n) is 4.76. The van der Waals surface area contributed by atoms with Crippen LogP contribution in [-0.4, -0.2) is 19.9 Å². The molecule has 33 heavy (non-hydrogen) atoms. The zero-order valence-corrected chi connectivity index (χ0v) is 18.3. The SMILES string of the molecule is Nc1ncccc1-c1cc(Cc2ccc(OCc3cccc[n+]3COP(=O)(O)O)cc2)no1. The predicted octanol–water partition coefficient (Wildman–Crippen LogP) is 2.84. The lowest BCUT2D eigenvalue weighted by Crippen LogP contribution is -2.39. The number of nitrogens with two attached hydrogens (primary N) is 1. The maximum atomic E-state index is 11.0. The Kier molecular flexibility index (Phi) is 6.81. The van der Waals surface area contributed by atoms with Crippen LogP contribution in [0.1, 0.15) is 17.0 Å². The van der Waals surface area contributed by atoms with Gasteiger partial charge in [0.25, 0.3) is 6.73 Å². The fourth-order valence-electron chi connectivity index (χ4n) is 3.12. The molecule has 0 radical (unpaired) electrons. The van der Waals surface area contributed by atoms with Crippen molar-refractivity contribution in [3.8, 4) is 17.1 Å². The normalized spacial score (nSPS) is 11.5. The lowest BCUT2D eigenvalue weighted by molar-refractivity contribution is -0.733. The Morgan fingerprint density at radius 2 is 1.91 bits per heavy atom. The van der Waals surface area contributed by atoms with Gasteiger partial charge in [0.15, 0.2) is 18.6 Å². The average Bonchev–Trinajstić information content (AvgIpc) is 3.26. The van der Waals surface area contributed by atoms with E-state index in [1.807, 2.05) is 36.4 Å². The second-order valence-electron chi connectivity index (χ2n) is 7.14. The number of hydrogen-bond acceptors (Lipinski definition) is 7. The summed E-state index contributed by atoms with van der Waals surface area (Å²) >= 11 is 0. The van der Waals surface area contributed by atoms with Gasteiger partial charge in [0.05, 0.1) is 11.3 Å². The molecule has 4 aromatic rings. The van der Waals surface area contributed by atoms with E-state index < -0.39 is 7.82 Å². The van der Waals surface area contributed by atoms with Crippen molar-refractivity contribution in [3.05, 3.63) is 90.0 Å². The van der Waals surface area contributed by atoms with E-state index in [9.17, 15) is 4.57 Å². The molecule has 0 unspecified atom stereocenters. The van der Waals surface area contributed by atoms with Crippen LogP contribution < -0.4 is 15.0 Å². The number of aromatic nitrogens is 3. The maximum absolute atomic E-state index is 11.0. The first-order chi connectivity index (χ1) is 15.9. The molecule has 0 aliphatic heterocycles. The van der Waals surface area contributed by atoms with Crippen molar-refractivity contribution in [2.75, 3.05) is 5.73 Å². The molecule has 11 heteroatoms. The van der Waals surface area contributed by atoms with Crippen LogP contribution in [0.3, 0.4) is 0 Å². The minimum absolute atomic E-state index is 0.198. The Morgan fingerprint density at radius 1 is 1.09 bits per heavy atom. The molecule has 1 aromatic carbocycles. The van der Waals surface area contributed by atoms with E-state index in [4.69, 9.17) is 24.8 Å². The molecule has 0 fully saturated rings. The molecule has 170 valence electrons. The summed E-state index contributed by atoms with van der Waals surface area (Å²) in [4.78, 5) is 21.9. The number of phosphoric ester groups is 1. The van der Waals surface area contributed by atoms with E-state index in [2.05, 4.69) is 14.7 Å². The van der Waals surface area contributed by atoms with E-state index >= 15 is 0 Å². The van der Waals surface area contributed by atoms with Crippen LogP contribution in [0.25, 0.3) is 11.3 Å². The van der Waals surface area contributed by atoms with Gasteiger partial charge in [0.1, 0.15) is 11.6 Å². The topological polar surface area (TPSA) is 145 Å². The summed E-state index contributed by atoms with van der Waals surface area (Å²) in [6.07, 6.45) is 3.85. The van der Waals surface area contributed by atoms with Crippen molar-refractivity contribution in [2.45, 2.75) is 19.8 Å². The summed E-state index contributed by atoms with van der Waals surface area (Å²) in [6.45, 7) is -0.0863. The van der Waals surface area contributed by atoms with Crippen molar-refractivity contribution in [3.63, 3.8) is 0 Å². The fourth-order valence-corrected chi connectivity index (χ4v) is 3.40. The van der Waals surface area contributed by atoms with E-state index in [0.29, 0.717) is 35.0 Å². The molecule has 10 nitrogen and oxygen atoms in total. The Balaban J connectivity index is 1.36. The fraction of sp³-hybridized carbons (Fsp3) is 0.136. The predicted molar refractivity (Wildman–Crippen MR) is 117 cm³/mol. The first-order valence-corrected chi connectivity index (χ1v) is 11.5. The van der Waals surface area contributed by atoms with Crippen LogP contribution in [0, 0.1) is 0 Å². The Bertz CT molecular complexity index is 1270. The monoisotopic (exact) mass is 469 g/mol.